The van der Waals surface area contributed by atoms with Crippen molar-refractivity contribution in [2.75, 3.05) is 19.5 Å². The summed E-state index contributed by atoms with van der Waals surface area (Å²) >= 11 is 1.56. The first-order chi connectivity index (χ1) is 15.6. The first-order valence-electron chi connectivity index (χ1n) is 10.3. The van der Waals surface area contributed by atoms with E-state index in [1.54, 1.807) is 17.8 Å². The number of carbonyl (C=O) groups is 1. The van der Waals surface area contributed by atoms with Crippen molar-refractivity contribution in [1.29, 1.82) is 0 Å². The Balaban J connectivity index is 1.93. The van der Waals surface area contributed by atoms with Gasteiger partial charge in [-0.15, -0.1) is 11.8 Å². The lowest BCUT2D eigenvalue weighted by Gasteiger charge is -2.19. The Morgan fingerprint density at radius 3 is 2.34 bits per heavy atom. The maximum atomic E-state index is 13.5. The predicted molar refractivity (Wildman–Crippen MR) is 128 cm³/mol. The average molecular weight is 446 g/mol. The highest BCUT2D eigenvalue weighted by Gasteiger charge is 2.24. The molecule has 0 aliphatic rings. The molecule has 0 saturated carbocycles. The van der Waals surface area contributed by atoms with E-state index in [1.807, 2.05) is 77.4 Å². The molecule has 162 valence electrons. The van der Waals surface area contributed by atoms with Gasteiger partial charge < -0.3 is 14.4 Å². The Morgan fingerprint density at radius 2 is 1.66 bits per heavy atom. The van der Waals surface area contributed by atoms with Crippen molar-refractivity contribution < 1.29 is 14.6 Å². The van der Waals surface area contributed by atoms with Crippen molar-refractivity contribution in [3.8, 4) is 5.69 Å². The highest BCUT2D eigenvalue weighted by atomic mass is 32.2. The molecule has 0 radical (unpaired) electrons. The summed E-state index contributed by atoms with van der Waals surface area (Å²) in [5, 5.41) is 9.57. The van der Waals surface area contributed by atoms with Crippen LogP contribution in [0.15, 0.2) is 88.6 Å². The number of aromatic nitrogens is 1. The number of esters is 1. The van der Waals surface area contributed by atoms with Crippen LogP contribution in [0.3, 0.4) is 0 Å². The monoisotopic (exact) mass is 445 g/mol. The van der Waals surface area contributed by atoms with E-state index in [9.17, 15) is 9.59 Å². The maximum Gasteiger partial charge on any atom is 0.355 e. The summed E-state index contributed by atoms with van der Waals surface area (Å²) in [5.74, 6) is 0.0694. The van der Waals surface area contributed by atoms with Crippen LogP contribution in [0, 0.1) is 0 Å². The van der Waals surface area contributed by atoms with Crippen molar-refractivity contribution in [2.24, 2.45) is 0 Å². The van der Waals surface area contributed by atoms with Crippen LogP contribution in [0.5, 0.6) is 0 Å². The largest absolute Gasteiger partial charge is 0.464 e. The number of aliphatic hydroxyl groups excluding tert-OH is 1. The van der Waals surface area contributed by atoms with E-state index in [2.05, 4.69) is 0 Å². The van der Waals surface area contributed by atoms with E-state index in [0.717, 1.165) is 16.1 Å². The summed E-state index contributed by atoms with van der Waals surface area (Å²) in [6.45, 7) is 0.116. The number of ether oxygens (including phenoxy) is 1. The number of hydrogen-bond donors (Lipinski definition) is 1. The molecule has 32 heavy (non-hydrogen) atoms. The SMILES string of the molecule is COC(=O)c1c(Cc2ccc(SCCO)cc2)c(=O)c2ccccc2n1-c1ccccc1. The normalized spacial score (nSPS) is 10.9. The Kier molecular flexibility index (Phi) is 6.73. The molecule has 5 nitrogen and oxygen atoms in total. The van der Waals surface area contributed by atoms with Gasteiger partial charge in [0, 0.05) is 33.7 Å². The molecule has 0 unspecified atom stereocenters. The zero-order valence-corrected chi connectivity index (χ0v) is 18.5. The van der Waals surface area contributed by atoms with Gasteiger partial charge in [-0.2, -0.15) is 0 Å². The molecule has 0 amide bonds. The minimum Gasteiger partial charge on any atom is -0.464 e. The molecule has 3 aromatic carbocycles. The van der Waals surface area contributed by atoms with Gasteiger partial charge in [0.25, 0.3) is 0 Å². The lowest BCUT2D eigenvalue weighted by Crippen LogP contribution is -2.24. The zero-order chi connectivity index (χ0) is 22.5. The molecule has 1 heterocycles. The standard InChI is InChI=1S/C26H23NO4S/c1-31-26(30)24-22(17-18-11-13-20(14-12-18)32-16-15-28)25(29)21-9-5-6-10-23(21)27(24)19-7-3-2-4-8-19/h2-14,28H,15-17H2,1H3. The fourth-order valence-corrected chi connectivity index (χ4v) is 4.43. The first-order valence-corrected chi connectivity index (χ1v) is 11.3. The third kappa shape index (κ3) is 4.33. The van der Waals surface area contributed by atoms with Crippen molar-refractivity contribution in [3.05, 3.63) is 106 Å². The van der Waals surface area contributed by atoms with E-state index >= 15 is 0 Å². The fourth-order valence-electron chi connectivity index (χ4n) is 3.78. The second kappa shape index (κ2) is 9.85. The molecule has 0 bridgehead atoms. The van der Waals surface area contributed by atoms with Crippen molar-refractivity contribution in [3.63, 3.8) is 0 Å². The van der Waals surface area contributed by atoms with Crippen molar-refractivity contribution >= 4 is 28.6 Å². The molecular formula is C26H23NO4S. The van der Waals surface area contributed by atoms with E-state index in [0.29, 0.717) is 28.6 Å². The summed E-state index contributed by atoms with van der Waals surface area (Å²) in [4.78, 5) is 27.5. The molecule has 0 spiro atoms. The third-order valence-electron chi connectivity index (χ3n) is 5.23. The molecule has 4 aromatic rings. The van der Waals surface area contributed by atoms with Gasteiger partial charge in [-0.1, -0.05) is 42.5 Å². The molecule has 0 aliphatic heterocycles. The topological polar surface area (TPSA) is 68.5 Å². The molecule has 6 heteroatoms. The molecule has 1 aromatic heterocycles. The number of para-hydroxylation sites is 2. The number of fused-ring (bicyclic) bond motifs is 1. The quantitative estimate of drug-likeness (QED) is 0.336. The van der Waals surface area contributed by atoms with Crippen LogP contribution < -0.4 is 5.43 Å². The average Bonchev–Trinajstić information content (AvgIpc) is 2.85. The summed E-state index contributed by atoms with van der Waals surface area (Å²) in [6, 6.07) is 24.6. The Bertz CT molecular complexity index is 1300. The predicted octanol–water partition coefficient (Wildman–Crippen LogP) is 4.45. The van der Waals surface area contributed by atoms with Crippen LogP contribution in [0.4, 0.5) is 0 Å². The number of aliphatic hydroxyl groups is 1. The van der Waals surface area contributed by atoms with Crippen LogP contribution in [0.2, 0.25) is 0 Å². The summed E-state index contributed by atoms with van der Waals surface area (Å²) in [5.41, 5.74) is 2.81. The number of hydrogen-bond acceptors (Lipinski definition) is 5. The number of rotatable bonds is 7. The minimum atomic E-state index is -0.554. The molecule has 4 rings (SSSR count). The first kappa shape index (κ1) is 21.9. The van der Waals surface area contributed by atoms with Crippen molar-refractivity contribution in [1.82, 2.24) is 4.57 Å². The third-order valence-corrected chi connectivity index (χ3v) is 6.22. The van der Waals surface area contributed by atoms with Gasteiger partial charge in [0.15, 0.2) is 5.43 Å². The van der Waals surface area contributed by atoms with Crippen LogP contribution >= 0.6 is 11.8 Å². The zero-order valence-electron chi connectivity index (χ0n) is 17.7. The van der Waals surface area contributed by atoms with E-state index in [-0.39, 0.29) is 17.7 Å². The number of methoxy groups -OCH3 is 1. The van der Waals surface area contributed by atoms with Crippen LogP contribution in [-0.2, 0) is 11.2 Å². The lowest BCUT2D eigenvalue weighted by atomic mass is 9.99. The van der Waals surface area contributed by atoms with Gasteiger partial charge >= 0.3 is 5.97 Å². The summed E-state index contributed by atoms with van der Waals surface area (Å²) < 4.78 is 6.93. The number of pyridine rings is 1. The van der Waals surface area contributed by atoms with Gasteiger partial charge in [-0.25, -0.2) is 4.79 Å². The van der Waals surface area contributed by atoms with Gasteiger partial charge in [-0.3, -0.25) is 4.79 Å². The molecular weight excluding hydrogens is 422 g/mol. The van der Waals surface area contributed by atoms with Crippen molar-refractivity contribution in [2.45, 2.75) is 11.3 Å². The second-order valence-corrected chi connectivity index (χ2v) is 8.40. The fraction of sp³-hybridized carbons (Fsp3) is 0.154. The minimum absolute atomic E-state index is 0.116. The highest BCUT2D eigenvalue weighted by Crippen LogP contribution is 2.25. The van der Waals surface area contributed by atoms with Crippen LogP contribution in [-0.4, -0.2) is 35.1 Å². The molecule has 0 atom stereocenters. The van der Waals surface area contributed by atoms with Gasteiger partial charge in [0.05, 0.1) is 19.2 Å². The Hall–Kier alpha value is -3.35. The highest BCUT2D eigenvalue weighted by molar-refractivity contribution is 7.99. The van der Waals surface area contributed by atoms with Crippen LogP contribution in [0.25, 0.3) is 16.6 Å². The number of nitrogens with zero attached hydrogens (tertiary/aromatic N) is 1. The molecule has 1 N–H and O–H groups in total. The van der Waals surface area contributed by atoms with E-state index < -0.39 is 5.97 Å². The Morgan fingerprint density at radius 1 is 0.969 bits per heavy atom. The lowest BCUT2D eigenvalue weighted by molar-refractivity contribution is 0.0590. The Labute approximate surface area is 190 Å². The number of thioether (sulfide) groups is 1. The van der Waals surface area contributed by atoms with E-state index in [1.165, 1.54) is 7.11 Å². The second-order valence-electron chi connectivity index (χ2n) is 7.23. The van der Waals surface area contributed by atoms with E-state index in [4.69, 9.17) is 9.84 Å². The summed E-state index contributed by atoms with van der Waals surface area (Å²) in [6.07, 6.45) is 0.298. The smallest absolute Gasteiger partial charge is 0.355 e. The molecule has 0 aliphatic carbocycles. The molecule has 0 saturated heterocycles. The maximum absolute atomic E-state index is 13.5. The number of carbonyl (C=O) groups excluding carboxylic acids is 1. The molecule has 0 fully saturated rings. The van der Waals surface area contributed by atoms with Gasteiger partial charge in [0.1, 0.15) is 5.69 Å². The number of benzene rings is 3. The van der Waals surface area contributed by atoms with Crippen LogP contribution in [0.1, 0.15) is 21.6 Å². The van der Waals surface area contributed by atoms with Gasteiger partial charge in [-0.05, 0) is 42.0 Å². The van der Waals surface area contributed by atoms with Gasteiger partial charge in [0.2, 0.25) is 0 Å². The summed E-state index contributed by atoms with van der Waals surface area (Å²) in [7, 11) is 1.33.